The van der Waals surface area contributed by atoms with Gasteiger partial charge in [-0.05, 0) is 119 Å². The van der Waals surface area contributed by atoms with Crippen molar-refractivity contribution in [3.8, 4) is 44.5 Å². The molecule has 8 bridgehead atoms. The predicted octanol–water partition coefficient (Wildman–Crippen LogP) is 13.9. The first kappa shape index (κ1) is 35.2. The van der Waals surface area contributed by atoms with E-state index in [2.05, 4.69) is 34.2 Å². The topological polar surface area (TPSA) is 57.4 Å². The van der Waals surface area contributed by atoms with E-state index in [0.29, 0.717) is 20.1 Å². The van der Waals surface area contributed by atoms with Crippen LogP contribution in [0, 0.1) is 0 Å². The molecule has 0 amide bonds. The van der Waals surface area contributed by atoms with Crippen LogP contribution in [0.25, 0.3) is 90.9 Å². The van der Waals surface area contributed by atoms with E-state index in [1.165, 1.54) is 0 Å². The molecule has 0 aliphatic carbocycles. The van der Waals surface area contributed by atoms with Crippen LogP contribution in [0.4, 0.5) is 0 Å². The predicted molar refractivity (Wildman–Crippen MR) is 221 cm³/mol. The molecule has 4 aromatic carbocycles. The SMILES string of the molecule is Clc1cccc(-c2c3nc(c(-c4cccc(Cl)c4)c4ccc([nH]4)c(-c4cccc(Cl)c4)c4nc(c(-c5cccc(Cl)c5)c5ccc2[nH]5)C=C4)C=C3)c1.[Co+2]. The van der Waals surface area contributed by atoms with Crippen LogP contribution in [-0.2, 0) is 16.8 Å². The fourth-order valence-corrected chi connectivity index (χ4v) is 7.76. The molecule has 0 atom stereocenters. The molecule has 53 heavy (non-hydrogen) atoms. The van der Waals surface area contributed by atoms with Gasteiger partial charge in [0.05, 0.1) is 22.8 Å². The molecule has 0 spiro atoms. The minimum atomic E-state index is 0. The standard InChI is InChI=1S/C44H26Cl4N4.Co/c45-29-9-1-5-25(21-29)41-33-13-15-35(49-33)42(26-6-2-10-30(46)22-26)37-17-19-39(51-37)44(28-8-4-12-32(48)24-28)40-20-18-38(52-40)43(36-16-14-34(41)50-36)27-7-3-11-31(47)23-27;/h1-24,49,52H;/q;+2. The van der Waals surface area contributed by atoms with Crippen molar-refractivity contribution in [2.45, 2.75) is 0 Å². The van der Waals surface area contributed by atoms with E-state index in [4.69, 9.17) is 56.4 Å². The second-order valence-electron chi connectivity index (χ2n) is 12.5. The third-order valence-electron chi connectivity index (χ3n) is 9.21. The van der Waals surface area contributed by atoms with Crippen molar-refractivity contribution in [2.24, 2.45) is 0 Å². The summed E-state index contributed by atoms with van der Waals surface area (Å²) >= 11 is 26.3. The summed E-state index contributed by atoms with van der Waals surface area (Å²) in [6, 6.07) is 39.7. The molecule has 0 fully saturated rings. The first-order chi connectivity index (χ1) is 25.4. The maximum Gasteiger partial charge on any atom is 2.00 e. The molecular weight excluding hydrogens is 785 g/mol. The number of hydrogen-bond acceptors (Lipinski definition) is 2. The molecule has 257 valence electrons. The fourth-order valence-electron chi connectivity index (χ4n) is 7.00. The number of halogens is 4. The average molecular weight is 811 g/mol. The van der Waals surface area contributed by atoms with Gasteiger partial charge >= 0.3 is 16.8 Å². The average Bonchev–Trinajstić information content (AvgIpc) is 3.96. The zero-order valence-corrected chi connectivity index (χ0v) is 31.7. The molecule has 4 nitrogen and oxygen atoms in total. The Bertz CT molecular complexity index is 2440. The summed E-state index contributed by atoms with van der Waals surface area (Å²) in [5, 5.41) is 2.53. The van der Waals surface area contributed by atoms with Crippen LogP contribution in [-0.4, -0.2) is 19.9 Å². The number of hydrogen-bond donors (Lipinski definition) is 2. The second-order valence-corrected chi connectivity index (χ2v) is 14.3. The molecular formula is C44H26Cl4CoN4+2. The number of nitrogens with zero attached hydrogens (tertiary/aromatic N) is 2. The number of aromatic nitrogens is 4. The van der Waals surface area contributed by atoms with Gasteiger partial charge in [0.2, 0.25) is 0 Å². The second kappa shape index (κ2) is 14.5. The third kappa shape index (κ3) is 6.77. The van der Waals surface area contributed by atoms with Gasteiger partial charge in [-0.25, -0.2) is 9.97 Å². The molecule has 9 rings (SSSR count). The van der Waals surface area contributed by atoms with Crippen molar-refractivity contribution in [3.05, 3.63) is 164 Å². The number of nitrogens with one attached hydrogen (secondary N) is 2. The van der Waals surface area contributed by atoms with Gasteiger partial charge in [-0.1, -0.05) is 94.9 Å². The molecule has 3 aromatic heterocycles. The summed E-state index contributed by atoms with van der Waals surface area (Å²) < 4.78 is 0. The van der Waals surface area contributed by atoms with E-state index in [1.54, 1.807) is 0 Å². The van der Waals surface area contributed by atoms with Gasteiger partial charge in [0.1, 0.15) is 0 Å². The monoisotopic (exact) mass is 809 g/mol. The summed E-state index contributed by atoms with van der Waals surface area (Å²) in [5.41, 5.74) is 14.0. The molecule has 0 saturated heterocycles. The van der Waals surface area contributed by atoms with Gasteiger partial charge in [0.25, 0.3) is 0 Å². The summed E-state index contributed by atoms with van der Waals surface area (Å²) in [6.07, 6.45) is 8.20. The molecule has 9 heteroatoms. The van der Waals surface area contributed by atoms with Crippen LogP contribution in [0.2, 0.25) is 20.1 Å². The van der Waals surface area contributed by atoms with E-state index >= 15 is 0 Å². The van der Waals surface area contributed by atoms with Gasteiger partial charge in [-0.3, -0.25) is 0 Å². The maximum atomic E-state index is 6.59. The number of aromatic amines is 2. The normalized spacial score (nSPS) is 11.8. The Kier molecular flexibility index (Phi) is 9.64. The molecule has 1 radical (unpaired) electrons. The number of rotatable bonds is 4. The Morgan fingerprint density at radius 3 is 0.811 bits per heavy atom. The van der Waals surface area contributed by atoms with E-state index < -0.39 is 0 Å². The number of H-pyrrole nitrogens is 2. The Morgan fingerprint density at radius 1 is 0.340 bits per heavy atom. The van der Waals surface area contributed by atoms with E-state index in [9.17, 15) is 0 Å². The summed E-state index contributed by atoms with van der Waals surface area (Å²) in [6.45, 7) is 0. The zero-order valence-electron chi connectivity index (χ0n) is 27.6. The van der Waals surface area contributed by atoms with Crippen LogP contribution >= 0.6 is 46.4 Å². The van der Waals surface area contributed by atoms with Gasteiger partial charge in [-0.2, -0.15) is 0 Å². The fraction of sp³-hybridized carbons (Fsp3) is 0. The molecule has 0 unspecified atom stereocenters. The van der Waals surface area contributed by atoms with Gasteiger partial charge in [0.15, 0.2) is 0 Å². The minimum Gasteiger partial charge on any atom is -0.354 e. The molecule has 2 aliphatic heterocycles. The summed E-state index contributed by atoms with van der Waals surface area (Å²) in [5.74, 6) is 0. The molecule has 0 saturated carbocycles. The van der Waals surface area contributed by atoms with Gasteiger partial charge < -0.3 is 9.97 Å². The van der Waals surface area contributed by atoms with Crippen LogP contribution < -0.4 is 0 Å². The number of fused-ring (bicyclic) bond motifs is 8. The van der Waals surface area contributed by atoms with Crippen molar-refractivity contribution in [3.63, 3.8) is 0 Å². The van der Waals surface area contributed by atoms with Crippen LogP contribution in [0.5, 0.6) is 0 Å². The van der Waals surface area contributed by atoms with Crippen molar-refractivity contribution < 1.29 is 16.8 Å². The Hall–Kier alpha value is -4.85. The van der Waals surface area contributed by atoms with Crippen molar-refractivity contribution >= 4 is 92.8 Å². The Balaban J connectivity index is 0.00000400. The minimum absolute atomic E-state index is 0. The van der Waals surface area contributed by atoms with E-state index in [-0.39, 0.29) is 16.8 Å². The third-order valence-corrected chi connectivity index (χ3v) is 10.1. The van der Waals surface area contributed by atoms with Crippen LogP contribution in [0.1, 0.15) is 22.8 Å². The first-order valence-electron chi connectivity index (χ1n) is 16.6. The molecule has 5 heterocycles. The van der Waals surface area contributed by atoms with E-state index in [0.717, 1.165) is 89.4 Å². The largest absolute Gasteiger partial charge is 2.00 e. The first-order valence-corrected chi connectivity index (χ1v) is 18.1. The maximum absolute atomic E-state index is 6.59. The summed E-state index contributed by atoms with van der Waals surface area (Å²) in [4.78, 5) is 18.1. The quantitative estimate of drug-likeness (QED) is 0.186. The van der Waals surface area contributed by atoms with Crippen molar-refractivity contribution in [1.29, 1.82) is 0 Å². The van der Waals surface area contributed by atoms with Crippen molar-refractivity contribution in [2.75, 3.05) is 0 Å². The van der Waals surface area contributed by atoms with Crippen LogP contribution in [0.15, 0.2) is 121 Å². The van der Waals surface area contributed by atoms with Crippen LogP contribution in [0.3, 0.4) is 0 Å². The van der Waals surface area contributed by atoms with Crippen molar-refractivity contribution in [1.82, 2.24) is 19.9 Å². The van der Waals surface area contributed by atoms with E-state index in [1.807, 2.05) is 121 Å². The van der Waals surface area contributed by atoms with Gasteiger partial charge in [0, 0.05) is 64.4 Å². The smallest absolute Gasteiger partial charge is 0.354 e. The Morgan fingerprint density at radius 2 is 0.585 bits per heavy atom. The summed E-state index contributed by atoms with van der Waals surface area (Å²) in [7, 11) is 0. The molecule has 7 aromatic rings. The number of benzene rings is 4. The van der Waals surface area contributed by atoms with Gasteiger partial charge in [-0.15, -0.1) is 0 Å². The molecule has 2 N–H and O–H groups in total. The zero-order chi connectivity index (χ0) is 35.3. The molecule has 2 aliphatic rings. The Labute approximate surface area is 336 Å².